The van der Waals surface area contributed by atoms with Gasteiger partial charge in [-0.05, 0) is 0 Å². The van der Waals surface area contributed by atoms with Crippen LogP contribution in [0.15, 0.2) is 0 Å². The first-order valence-corrected chi connectivity index (χ1v) is 0. The van der Waals surface area contributed by atoms with Crippen LogP contribution in [0.2, 0.25) is 0 Å². The van der Waals surface area contributed by atoms with Crippen molar-refractivity contribution < 1.29 is 50.4 Å². The summed E-state index contributed by atoms with van der Waals surface area (Å²) in [7, 11) is 0. The summed E-state index contributed by atoms with van der Waals surface area (Å²) in [6.07, 6.45) is 0. The Labute approximate surface area is 50.6 Å². The Kier molecular flexibility index (Phi) is 494. The summed E-state index contributed by atoms with van der Waals surface area (Å²) in [4.78, 5) is 0. The Morgan fingerprint density at radius 3 is 0.750 bits per heavy atom. The molecule has 0 spiro atoms. The normalized spacial score (nSPS) is 0. The van der Waals surface area contributed by atoms with E-state index < -0.39 is 0 Å². The molecule has 32 valence electrons. The predicted octanol–water partition coefficient (Wildman–Crippen LogP) is -1.65. The van der Waals surface area contributed by atoms with Gasteiger partial charge in [-0.3, -0.25) is 0 Å². The van der Waals surface area contributed by atoms with E-state index in [0.717, 1.165) is 0 Å². The topological polar surface area (TPSA) is 63.0 Å². The van der Waals surface area contributed by atoms with Gasteiger partial charge in [-0.25, -0.2) is 0 Å². The van der Waals surface area contributed by atoms with Gasteiger partial charge in [0.25, 0.3) is 0 Å². The van der Waals surface area contributed by atoms with Crippen molar-refractivity contribution in [3.63, 3.8) is 0 Å². The van der Waals surface area contributed by atoms with Gasteiger partial charge < -0.3 is 11.0 Å². The zero-order valence-corrected chi connectivity index (χ0v) is 5.90. The molecule has 4 heteroatoms. The maximum absolute atomic E-state index is 0. The second-order valence-electron chi connectivity index (χ2n) is 0. The molecular formula is H4CuO2Ta. The van der Waals surface area contributed by atoms with Crippen LogP contribution >= 0.6 is 0 Å². The van der Waals surface area contributed by atoms with Gasteiger partial charge in [0, 0.05) is 39.4 Å². The third kappa shape index (κ3) is 10.9. The minimum Gasteiger partial charge on any atom is -0.412 e. The second-order valence-corrected chi connectivity index (χ2v) is 0. The molecule has 0 aromatic rings. The van der Waals surface area contributed by atoms with E-state index in [-0.39, 0.29) is 50.4 Å². The first-order chi connectivity index (χ1) is 0. The van der Waals surface area contributed by atoms with Gasteiger partial charge in [0.15, 0.2) is 0 Å². The fraction of sp³-hybridized carbons (Fsp3) is 0. The molecule has 0 aliphatic heterocycles. The molecule has 2 nitrogen and oxygen atoms in total. The monoisotopic (exact) mass is 280 g/mol. The fourth-order valence-electron chi connectivity index (χ4n) is 0. The largest absolute Gasteiger partial charge is 0.412 e. The first-order valence-electron chi connectivity index (χ1n) is 0. The van der Waals surface area contributed by atoms with Crippen LogP contribution in [0.1, 0.15) is 0 Å². The minimum atomic E-state index is 0. The van der Waals surface area contributed by atoms with Gasteiger partial charge in [-0.1, -0.05) is 0 Å². The van der Waals surface area contributed by atoms with Crippen molar-refractivity contribution in [1.82, 2.24) is 0 Å². The minimum absolute atomic E-state index is 0. The van der Waals surface area contributed by atoms with E-state index in [1.165, 1.54) is 0 Å². The van der Waals surface area contributed by atoms with Crippen molar-refractivity contribution in [2.75, 3.05) is 0 Å². The maximum Gasteiger partial charge on any atom is 0 e. The third-order valence-electron chi connectivity index (χ3n) is 0. The van der Waals surface area contributed by atoms with Crippen LogP contribution in [0.5, 0.6) is 0 Å². The van der Waals surface area contributed by atoms with E-state index >= 15 is 0 Å². The second kappa shape index (κ2) is 30.4. The summed E-state index contributed by atoms with van der Waals surface area (Å²) in [5.41, 5.74) is 0. The van der Waals surface area contributed by atoms with E-state index in [2.05, 4.69) is 0 Å². The van der Waals surface area contributed by atoms with Crippen molar-refractivity contribution >= 4 is 0 Å². The number of rotatable bonds is 0. The third-order valence-corrected chi connectivity index (χ3v) is 0. The molecular weight excluding hydrogens is 276 g/mol. The van der Waals surface area contributed by atoms with E-state index in [4.69, 9.17) is 0 Å². The molecule has 4 heavy (non-hydrogen) atoms. The first kappa shape index (κ1) is 65.0. The van der Waals surface area contributed by atoms with Gasteiger partial charge in [-0.2, -0.15) is 0 Å². The summed E-state index contributed by atoms with van der Waals surface area (Å²) >= 11 is 0. The fourth-order valence-corrected chi connectivity index (χ4v) is 0. The Balaban J connectivity index is 0. The van der Waals surface area contributed by atoms with Crippen LogP contribution in [-0.4, -0.2) is 11.0 Å². The Morgan fingerprint density at radius 2 is 0.750 bits per heavy atom. The molecule has 0 aliphatic carbocycles. The molecule has 0 saturated heterocycles. The van der Waals surface area contributed by atoms with Crippen molar-refractivity contribution in [2.45, 2.75) is 0 Å². The molecule has 0 rings (SSSR count). The Morgan fingerprint density at radius 1 is 0.750 bits per heavy atom. The molecule has 2 radical (unpaired) electrons. The van der Waals surface area contributed by atoms with Crippen molar-refractivity contribution in [1.29, 1.82) is 0 Å². The van der Waals surface area contributed by atoms with E-state index in [1.54, 1.807) is 0 Å². The summed E-state index contributed by atoms with van der Waals surface area (Å²) in [5, 5.41) is 0. The maximum atomic E-state index is 0. The van der Waals surface area contributed by atoms with Gasteiger partial charge in [0.2, 0.25) is 0 Å². The quantitative estimate of drug-likeness (QED) is 0.477. The smallest absolute Gasteiger partial charge is 0 e. The van der Waals surface area contributed by atoms with Crippen LogP contribution in [0.4, 0.5) is 0 Å². The molecule has 0 atom stereocenters. The van der Waals surface area contributed by atoms with Crippen LogP contribution in [-0.2, 0) is 39.4 Å². The standard InChI is InChI=1S/Cu.2H2O.Ta/h;2*1H2;. The summed E-state index contributed by atoms with van der Waals surface area (Å²) in [6.45, 7) is 0. The molecule has 0 heterocycles. The summed E-state index contributed by atoms with van der Waals surface area (Å²) < 4.78 is 0. The van der Waals surface area contributed by atoms with Gasteiger partial charge in [0.1, 0.15) is 0 Å². The van der Waals surface area contributed by atoms with Gasteiger partial charge >= 0.3 is 0 Å². The number of hydrogen-bond acceptors (Lipinski definition) is 0. The molecule has 0 aromatic carbocycles. The van der Waals surface area contributed by atoms with E-state index in [1.807, 2.05) is 0 Å². The Hall–Kier alpha value is 1.18. The zero-order valence-electron chi connectivity index (χ0n) is 1.75. The SMILES string of the molecule is O.O.[Cu].[Ta]. The summed E-state index contributed by atoms with van der Waals surface area (Å²) in [6, 6.07) is 0. The molecule has 0 aliphatic rings. The molecule has 4 N–H and O–H groups in total. The Bertz CT molecular complexity index is 6.00. The molecule has 0 bridgehead atoms. The van der Waals surface area contributed by atoms with E-state index in [9.17, 15) is 0 Å². The van der Waals surface area contributed by atoms with Gasteiger partial charge in [0.05, 0.1) is 0 Å². The predicted molar refractivity (Wildman–Crippen MR) is 7.23 cm³/mol. The van der Waals surface area contributed by atoms with Crippen LogP contribution in [0.25, 0.3) is 0 Å². The van der Waals surface area contributed by atoms with Crippen LogP contribution < -0.4 is 0 Å². The summed E-state index contributed by atoms with van der Waals surface area (Å²) in [5.74, 6) is 0. The molecule has 0 unspecified atom stereocenters. The van der Waals surface area contributed by atoms with Crippen molar-refractivity contribution in [3.8, 4) is 0 Å². The molecule has 0 amide bonds. The molecule has 0 saturated carbocycles. The van der Waals surface area contributed by atoms with Crippen LogP contribution in [0.3, 0.4) is 0 Å². The molecule has 0 fully saturated rings. The van der Waals surface area contributed by atoms with Crippen LogP contribution in [0, 0.1) is 0 Å². The van der Waals surface area contributed by atoms with E-state index in [0.29, 0.717) is 0 Å². The van der Waals surface area contributed by atoms with Crippen molar-refractivity contribution in [2.24, 2.45) is 0 Å². The zero-order chi connectivity index (χ0) is 0. The molecule has 0 aromatic heterocycles. The van der Waals surface area contributed by atoms with Crippen molar-refractivity contribution in [3.05, 3.63) is 0 Å². The average molecular weight is 281 g/mol. The number of hydrogen-bond donors (Lipinski definition) is 0. The van der Waals surface area contributed by atoms with Gasteiger partial charge in [-0.15, -0.1) is 0 Å². The average Bonchev–Trinajstić information content (AvgIpc) is 0.